The van der Waals surface area contributed by atoms with E-state index in [2.05, 4.69) is 5.32 Å². The second-order valence-electron chi connectivity index (χ2n) is 4.35. The minimum atomic E-state index is -0.530. The van der Waals surface area contributed by atoms with Gasteiger partial charge in [-0.2, -0.15) is 0 Å². The maximum Gasteiger partial charge on any atom is 0.242 e. The molecule has 1 heterocycles. The summed E-state index contributed by atoms with van der Waals surface area (Å²) >= 11 is 0. The molecule has 1 amide bonds. The number of likely N-dealkylation sites (tertiary alicyclic amines) is 1. The molecule has 82 valence electrons. The van der Waals surface area contributed by atoms with E-state index >= 15 is 0 Å². The van der Waals surface area contributed by atoms with Gasteiger partial charge in [0.15, 0.2) is 0 Å². The van der Waals surface area contributed by atoms with E-state index in [0.717, 1.165) is 19.4 Å². The summed E-state index contributed by atoms with van der Waals surface area (Å²) in [7, 11) is 1.78. The Kier molecular flexibility index (Phi) is 3.50. The van der Waals surface area contributed by atoms with Gasteiger partial charge in [-0.15, -0.1) is 0 Å². The second kappa shape index (κ2) is 4.28. The molecule has 1 unspecified atom stereocenters. The summed E-state index contributed by atoms with van der Waals surface area (Å²) in [5.74, 6) is 0.0801. The second-order valence-corrected chi connectivity index (χ2v) is 4.35. The molecule has 4 heteroatoms. The van der Waals surface area contributed by atoms with Crippen molar-refractivity contribution in [3.8, 4) is 0 Å². The predicted molar refractivity (Wildman–Crippen MR) is 55.0 cm³/mol. The Balaban J connectivity index is 2.69. The maximum atomic E-state index is 12.0. The van der Waals surface area contributed by atoms with Gasteiger partial charge in [0.25, 0.3) is 0 Å². The molecule has 4 nitrogen and oxygen atoms in total. The summed E-state index contributed by atoms with van der Waals surface area (Å²) in [4.78, 5) is 13.8. The Morgan fingerprint density at radius 2 is 2.29 bits per heavy atom. The fourth-order valence-corrected chi connectivity index (χ4v) is 1.76. The minimum absolute atomic E-state index is 0.0233. The first-order valence-electron chi connectivity index (χ1n) is 5.13. The van der Waals surface area contributed by atoms with Crippen LogP contribution >= 0.6 is 0 Å². The van der Waals surface area contributed by atoms with Gasteiger partial charge < -0.3 is 15.3 Å². The van der Waals surface area contributed by atoms with Crippen LogP contribution in [0.2, 0.25) is 0 Å². The third-order valence-electron chi connectivity index (χ3n) is 3.01. The Morgan fingerprint density at radius 1 is 1.64 bits per heavy atom. The zero-order valence-electron chi connectivity index (χ0n) is 9.21. The smallest absolute Gasteiger partial charge is 0.242 e. The lowest BCUT2D eigenvalue weighted by Crippen LogP contribution is -2.54. The van der Waals surface area contributed by atoms with Crippen molar-refractivity contribution in [2.75, 3.05) is 20.2 Å². The SMILES string of the molecule is CNC(C)(C)C(=O)N1CCCC1CO. The zero-order chi connectivity index (χ0) is 10.8. The van der Waals surface area contributed by atoms with Crippen LogP contribution in [0.25, 0.3) is 0 Å². The first-order valence-corrected chi connectivity index (χ1v) is 5.13. The highest BCUT2D eigenvalue weighted by Crippen LogP contribution is 2.20. The van der Waals surface area contributed by atoms with E-state index in [1.165, 1.54) is 0 Å². The van der Waals surface area contributed by atoms with Crippen LogP contribution in [0.15, 0.2) is 0 Å². The number of nitrogens with one attached hydrogen (secondary N) is 1. The van der Waals surface area contributed by atoms with Crippen LogP contribution in [0.5, 0.6) is 0 Å². The number of hydrogen-bond donors (Lipinski definition) is 2. The Labute approximate surface area is 85.3 Å². The van der Waals surface area contributed by atoms with E-state index < -0.39 is 5.54 Å². The van der Waals surface area contributed by atoms with Gasteiger partial charge >= 0.3 is 0 Å². The highest BCUT2D eigenvalue weighted by Gasteiger charge is 2.36. The largest absolute Gasteiger partial charge is 0.394 e. The van der Waals surface area contributed by atoms with Crippen LogP contribution < -0.4 is 5.32 Å². The summed E-state index contributed by atoms with van der Waals surface area (Å²) in [5, 5.41) is 12.1. The summed E-state index contributed by atoms with van der Waals surface area (Å²) < 4.78 is 0. The number of aliphatic hydroxyl groups is 1. The van der Waals surface area contributed by atoms with E-state index in [1.807, 2.05) is 13.8 Å². The number of rotatable bonds is 3. The molecule has 0 spiro atoms. The zero-order valence-corrected chi connectivity index (χ0v) is 9.21. The maximum absolute atomic E-state index is 12.0. The molecule has 1 aliphatic rings. The van der Waals surface area contributed by atoms with Crippen LogP contribution in [0, 0.1) is 0 Å². The number of hydrogen-bond acceptors (Lipinski definition) is 3. The van der Waals surface area contributed by atoms with Gasteiger partial charge in [-0.05, 0) is 33.7 Å². The first-order chi connectivity index (χ1) is 6.53. The molecule has 1 aliphatic heterocycles. The van der Waals surface area contributed by atoms with Crippen molar-refractivity contribution in [3.05, 3.63) is 0 Å². The van der Waals surface area contributed by atoms with Crippen molar-refractivity contribution in [2.24, 2.45) is 0 Å². The Hall–Kier alpha value is -0.610. The van der Waals surface area contributed by atoms with E-state index in [-0.39, 0.29) is 18.6 Å². The van der Waals surface area contributed by atoms with Crippen LogP contribution in [-0.4, -0.2) is 47.7 Å². The molecule has 0 aromatic heterocycles. The fourth-order valence-electron chi connectivity index (χ4n) is 1.76. The van der Waals surface area contributed by atoms with Crippen molar-refractivity contribution in [3.63, 3.8) is 0 Å². The van der Waals surface area contributed by atoms with Gasteiger partial charge in [-0.3, -0.25) is 4.79 Å². The highest BCUT2D eigenvalue weighted by molar-refractivity contribution is 5.86. The summed E-state index contributed by atoms with van der Waals surface area (Å²) in [6, 6.07) is 0.0233. The Bertz CT molecular complexity index is 216. The topological polar surface area (TPSA) is 52.6 Å². The molecular weight excluding hydrogens is 180 g/mol. The monoisotopic (exact) mass is 200 g/mol. The van der Waals surface area contributed by atoms with Gasteiger partial charge in [0, 0.05) is 6.54 Å². The fraction of sp³-hybridized carbons (Fsp3) is 0.900. The summed E-state index contributed by atoms with van der Waals surface area (Å²) in [6.07, 6.45) is 1.92. The average Bonchev–Trinajstić information content (AvgIpc) is 2.64. The van der Waals surface area contributed by atoms with Gasteiger partial charge in [0.2, 0.25) is 5.91 Å². The molecule has 2 N–H and O–H groups in total. The van der Waals surface area contributed by atoms with Crippen molar-refractivity contribution in [1.29, 1.82) is 0 Å². The first kappa shape index (κ1) is 11.5. The van der Waals surface area contributed by atoms with Crippen LogP contribution in [0.4, 0.5) is 0 Å². The standard InChI is InChI=1S/C10H20N2O2/c1-10(2,11-3)9(14)12-6-4-5-8(12)7-13/h8,11,13H,4-7H2,1-3H3. The molecule has 0 radical (unpaired) electrons. The molecule has 0 aromatic rings. The number of aliphatic hydroxyl groups excluding tert-OH is 1. The Morgan fingerprint density at radius 3 is 2.79 bits per heavy atom. The predicted octanol–water partition coefficient (Wildman–Crippen LogP) is -0.0323. The van der Waals surface area contributed by atoms with Gasteiger partial charge in [0.1, 0.15) is 0 Å². The summed E-state index contributed by atoms with van der Waals surface area (Å²) in [5.41, 5.74) is -0.530. The molecule has 0 aliphatic carbocycles. The van der Waals surface area contributed by atoms with E-state index in [4.69, 9.17) is 5.11 Å². The molecule has 1 rings (SSSR count). The quantitative estimate of drug-likeness (QED) is 0.672. The molecule has 0 aromatic carbocycles. The molecular formula is C10H20N2O2. The van der Waals surface area contributed by atoms with Crippen LogP contribution in [-0.2, 0) is 4.79 Å². The number of carbonyl (C=O) groups excluding carboxylic acids is 1. The number of carbonyl (C=O) groups is 1. The third-order valence-corrected chi connectivity index (χ3v) is 3.01. The highest BCUT2D eigenvalue weighted by atomic mass is 16.3. The number of amides is 1. The molecule has 0 saturated carbocycles. The normalized spacial score (nSPS) is 22.9. The molecule has 1 saturated heterocycles. The van der Waals surface area contributed by atoms with Crippen LogP contribution in [0.1, 0.15) is 26.7 Å². The minimum Gasteiger partial charge on any atom is -0.394 e. The van der Waals surface area contributed by atoms with Crippen molar-refractivity contribution >= 4 is 5.91 Å². The van der Waals surface area contributed by atoms with Gasteiger partial charge in [-0.25, -0.2) is 0 Å². The lowest BCUT2D eigenvalue weighted by molar-refractivity contribution is -0.138. The van der Waals surface area contributed by atoms with Crippen molar-refractivity contribution in [1.82, 2.24) is 10.2 Å². The lowest BCUT2D eigenvalue weighted by Gasteiger charge is -2.32. The molecule has 1 atom stereocenters. The summed E-state index contributed by atoms with van der Waals surface area (Å²) in [6.45, 7) is 4.57. The van der Waals surface area contributed by atoms with E-state index in [0.29, 0.717) is 0 Å². The molecule has 0 bridgehead atoms. The van der Waals surface area contributed by atoms with Crippen molar-refractivity contribution < 1.29 is 9.90 Å². The molecule has 1 fully saturated rings. The number of nitrogens with zero attached hydrogens (tertiary/aromatic N) is 1. The van der Waals surface area contributed by atoms with E-state index in [1.54, 1.807) is 11.9 Å². The van der Waals surface area contributed by atoms with Crippen molar-refractivity contribution in [2.45, 2.75) is 38.3 Å². The van der Waals surface area contributed by atoms with E-state index in [9.17, 15) is 4.79 Å². The van der Waals surface area contributed by atoms with Gasteiger partial charge in [-0.1, -0.05) is 0 Å². The van der Waals surface area contributed by atoms with Gasteiger partial charge in [0.05, 0.1) is 18.2 Å². The third kappa shape index (κ3) is 2.07. The lowest BCUT2D eigenvalue weighted by atomic mass is 10.0. The van der Waals surface area contributed by atoms with Crippen LogP contribution in [0.3, 0.4) is 0 Å². The molecule has 14 heavy (non-hydrogen) atoms. The number of likely N-dealkylation sites (N-methyl/N-ethyl adjacent to an activating group) is 1. The average molecular weight is 200 g/mol.